The van der Waals surface area contributed by atoms with E-state index in [1.807, 2.05) is 20.8 Å². The third-order valence-electron chi connectivity index (χ3n) is 2.19. The van der Waals surface area contributed by atoms with Gasteiger partial charge in [-0.05, 0) is 44.9 Å². The van der Waals surface area contributed by atoms with Crippen LogP contribution in [0.3, 0.4) is 0 Å². The van der Waals surface area contributed by atoms with Crippen LogP contribution in [0.4, 0.5) is 4.39 Å². The van der Waals surface area contributed by atoms with Gasteiger partial charge in [-0.15, -0.1) is 0 Å². The Kier molecular flexibility index (Phi) is 4.44. The Morgan fingerprint density at radius 2 is 1.81 bits per heavy atom. The van der Waals surface area contributed by atoms with Gasteiger partial charge >= 0.3 is 0 Å². The average Bonchev–Trinajstić information content (AvgIpc) is 2.20. The molecule has 16 heavy (non-hydrogen) atoms. The third kappa shape index (κ3) is 4.29. The number of hydrogen-bond acceptors (Lipinski definition) is 2. The smallest absolute Gasteiger partial charge is 0.123 e. The second-order valence-corrected chi connectivity index (χ2v) is 4.84. The molecule has 0 bridgehead atoms. The Morgan fingerprint density at radius 3 is 2.25 bits per heavy atom. The lowest BCUT2D eigenvalue weighted by molar-refractivity contribution is -0.0896. The molecule has 0 fully saturated rings. The van der Waals surface area contributed by atoms with E-state index in [9.17, 15) is 4.39 Å². The van der Waals surface area contributed by atoms with Crippen LogP contribution in [-0.2, 0) is 4.84 Å². The molecule has 1 atom stereocenters. The molecule has 0 radical (unpaired) electrons. The van der Waals surface area contributed by atoms with Crippen LogP contribution >= 0.6 is 0 Å². The van der Waals surface area contributed by atoms with Gasteiger partial charge in [-0.3, -0.25) is 4.84 Å². The van der Waals surface area contributed by atoms with E-state index in [2.05, 4.69) is 12.4 Å². The topological polar surface area (TPSA) is 21.3 Å². The molecule has 2 nitrogen and oxygen atoms in total. The van der Waals surface area contributed by atoms with Gasteiger partial charge < -0.3 is 0 Å². The number of halogens is 1. The van der Waals surface area contributed by atoms with Crippen LogP contribution in [0.5, 0.6) is 0 Å². The molecule has 1 unspecified atom stereocenters. The minimum atomic E-state index is -0.229. The molecule has 1 aromatic rings. The van der Waals surface area contributed by atoms with Crippen molar-refractivity contribution in [3.05, 3.63) is 35.6 Å². The molecule has 0 spiro atoms. The van der Waals surface area contributed by atoms with Crippen molar-refractivity contribution in [1.29, 1.82) is 0 Å². The van der Waals surface area contributed by atoms with E-state index in [1.54, 1.807) is 12.1 Å². The minimum Gasteiger partial charge on any atom is -0.296 e. The largest absolute Gasteiger partial charge is 0.296 e. The Labute approximate surface area is 96.8 Å². The first-order chi connectivity index (χ1) is 7.42. The predicted octanol–water partition coefficient (Wildman–Crippen LogP) is 3.60. The standard InChI is InChI=1S/C13H20FNO/c1-5-12(15-16-13(2,3)4)10-6-8-11(14)9-7-10/h6-9,12,15H,5H2,1-4H3. The van der Waals surface area contributed by atoms with Crippen molar-refractivity contribution in [2.75, 3.05) is 0 Å². The van der Waals surface area contributed by atoms with Crippen molar-refractivity contribution in [1.82, 2.24) is 5.48 Å². The van der Waals surface area contributed by atoms with Crippen molar-refractivity contribution in [2.24, 2.45) is 0 Å². The molecule has 0 aromatic heterocycles. The highest BCUT2D eigenvalue weighted by atomic mass is 19.1. The zero-order valence-corrected chi connectivity index (χ0v) is 10.4. The number of benzene rings is 1. The zero-order chi connectivity index (χ0) is 12.2. The summed E-state index contributed by atoms with van der Waals surface area (Å²) in [7, 11) is 0. The van der Waals surface area contributed by atoms with Gasteiger partial charge in [0.1, 0.15) is 5.82 Å². The summed E-state index contributed by atoms with van der Waals surface area (Å²) in [5, 5.41) is 0. The second-order valence-electron chi connectivity index (χ2n) is 4.84. The van der Waals surface area contributed by atoms with Gasteiger partial charge in [0, 0.05) is 0 Å². The monoisotopic (exact) mass is 225 g/mol. The molecular weight excluding hydrogens is 205 g/mol. The highest BCUT2D eigenvalue weighted by Gasteiger charge is 2.15. The number of rotatable bonds is 4. The van der Waals surface area contributed by atoms with Gasteiger partial charge in [0.15, 0.2) is 0 Å². The highest BCUT2D eigenvalue weighted by Crippen LogP contribution is 2.18. The van der Waals surface area contributed by atoms with Crippen LogP contribution in [0.25, 0.3) is 0 Å². The van der Waals surface area contributed by atoms with Crippen molar-refractivity contribution in [3.8, 4) is 0 Å². The van der Waals surface area contributed by atoms with Gasteiger partial charge in [0.25, 0.3) is 0 Å². The third-order valence-corrected chi connectivity index (χ3v) is 2.19. The minimum absolute atomic E-state index is 0.0971. The van der Waals surface area contributed by atoms with Gasteiger partial charge in [-0.1, -0.05) is 19.1 Å². The molecule has 90 valence electrons. The first kappa shape index (κ1) is 13.1. The molecule has 1 N–H and O–H groups in total. The summed E-state index contributed by atoms with van der Waals surface area (Å²) in [5.41, 5.74) is 3.83. The molecule has 0 amide bonds. The zero-order valence-electron chi connectivity index (χ0n) is 10.4. The first-order valence-electron chi connectivity index (χ1n) is 5.61. The quantitative estimate of drug-likeness (QED) is 0.790. The van der Waals surface area contributed by atoms with E-state index in [0.29, 0.717) is 0 Å². The SMILES string of the molecule is CCC(NOC(C)(C)C)c1ccc(F)cc1. The van der Waals surface area contributed by atoms with Crippen LogP contribution in [0, 0.1) is 5.82 Å². The fraction of sp³-hybridized carbons (Fsp3) is 0.538. The molecular formula is C13H20FNO. The summed E-state index contributed by atoms with van der Waals surface area (Å²) in [5.74, 6) is -0.213. The van der Waals surface area contributed by atoms with Crippen LogP contribution in [0.2, 0.25) is 0 Å². The Balaban J connectivity index is 2.64. The van der Waals surface area contributed by atoms with Gasteiger partial charge in [0.05, 0.1) is 11.6 Å². The van der Waals surface area contributed by atoms with E-state index in [4.69, 9.17) is 4.84 Å². The van der Waals surface area contributed by atoms with E-state index >= 15 is 0 Å². The van der Waals surface area contributed by atoms with Crippen molar-refractivity contribution in [3.63, 3.8) is 0 Å². The van der Waals surface area contributed by atoms with Crippen LogP contribution in [0.1, 0.15) is 45.7 Å². The molecule has 0 aliphatic rings. The van der Waals surface area contributed by atoms with Crippen LogP contribution < -0.4 is 5.48 Å². The number of hydrogen-bond donors (Lipinski definition) is 1. The molecule has 0 aliphatic heterocycles. The summed E-state index contributed by atoms with van der Waals surface area (Å²) in [6.45, 7) is 8.01. The summed E-state index contributed by atoms with van der Waals surface area (Å²) < 4.78 is 12.8. The molecule has 0 aliphatic carbocycles. The van der Waals surface area contributed by atoms with Gasteiger partial charge in [-0.2, -0.15) is 5.48 Å². The average molecular weight is 225 g/mol. The lowest BCUT2D eigenvalue weighted by Gasteiger charge is -2.24. The molecule has 0 saturated heterocycles. The molecule has 1 rings (SSSR count). The summed E-state index contributed by atoms with van der Waals surface area (Å²) >= 11 is 0. The highest BCUT2D eigenvalue weighted by molar-refractivity contribution is 5.19. The summed E-state index contributed by atoms with van der Waals surface area (Å²) in [6.07, 6.45) is 0.891. The Hall–Kier alpha value is -0.930. The fourth-order valence-corrected chi connectivity index (χ4v) is 1.33. The normalized spacial score (nSPS) is 13.8. The lowest BCUT2D eigenvalue weighted by Crippen LogP contribution is -2.31. The summed E-state index contributed by atoms with van der Waals surface area (Å²) in [4.78, 5) is 5.52. The van der Waals surface area contributed by atoms with Crippen molar-refractivity contribution < 1.29 is 9.23 Å². The Morgan fingerprint density at radius 1 is 1.25 bits per heavy atom. The summed E-state index contributed by atoms with van der Waals surface area (Å²) in [6, 6.07) is 6.60. The van der Waals surface area contributed by atoms with Gasteiger partial charge in [-0.25, -0.2) is 4.39 Å². The molecule has 0 saturated carbocycles. The van der Waals surface area contributed by atoms with E-state index in [-0.39, 0.29) is 17.5 Å². The molecule has 3 heteroatoms. The maximum absolute atomic E-state index is 12.8. The number of nitrogens with one attached hydrogen (secondary N) is 1. The molecule has 1 aromatic carbocycles. The first-order valence-corrected chi connectivity index (χ1v) is 5.61. The van der Waals surface area contributed by atoms with Crippen molar-refractivity contribution in [2.45, 2.75) is 45.8 Å². The van der Waals surface area contributed by atoms with Crippen LogP contribution in [-0.4, -0.2) is 5.60 Å². The van der Waals surface area contributed by atoms with Crippen molar-refractivity contribution >= 4 is 0 Å². The maximum atomic E-state index is 12.8. The second kappa shape index (κ2) is 5.41. The maximum Gasteiger partial charge on any atom is 0.123 e. The fourth-order valence-electron chi connectivity index (χ4n) is 1.33. The van der Waals surface area contributed by atoms with E-state index in [1.165, 1.54) is 12.1 Å². The lowest BCUT2D eigenvalue weighted by atomic mass is 10.1. The predicted molar refractivity (Wildman–Crippen MR) is 63.4 cm³/mol. The Bertz CT molecular complexity index is 316. The van der Waals surface area contributed by atoms with Gasteiger partial charge in [0.2, 0.25) is 0 Å². The number of hydroxylamine groups is 1. The van der Waals surface area contributed by atoms with E-state index in [0.717, 1.165) is 12.0 Å². The van der Waals surface area contributed by atoms with Crippen LogP contribution in [0.15, 0.2) is 24.3 Å². The molecule has 0 heterocycles. The van der Waals surface area contributed by atoms with E-state index < -0.39 is 0 Å².